The molecule has 1 amide bonds. The van der Waals surface area contributed by atoms with Gasteiger partial charge in [0.05, 0.1) is 24.7 Å². The van der Waals surface area contributed by atoms with Gasteiger partial charge in [0.1, 0.15) is 11.5 Å². The van der Waals surface area contributed by atoms with Gasteiger partial charge in [-0.1, -0.05) is 24.3 Å². The van der Waals surface area contributed by atoms with Crippen molar-refractivity contribution in [2.45, 2.75) is 6.92 Å². The van der Waals surface area contributed by atoms with Crippen LogP contribution >= 0.6 is 0 Å². The third-order valence-corrected chi connectivity index (χ3v) is 4.79. The number of nitrogens with zero attached hydrogens (tertiary/aromatic N) is 3. The minimum Gasteiger partial charge on any atom is -0.494 e. The fourth-order valence-electron chi connectivity index (χ4n) is 3.41. The summed E-state index contributed by atoms with van der Waals surface area (Å²) in [6.07, 6.45) is 5.17. The number of anilines is 1. The van der Waals surface area contributed by atoms with Crippen LogP contribution in [0.2, 0.25) is 0 Å². The van der Waals surface area contributed by atoms with Crippen molar-refractivity contribution in [3.63, 3.8) is 0 Å². The zero-order valence-corrected chi connectivity index (χ0v) is 17.0. The van der Waals surface area contributed by atoms with Crippen molar-refractivity contribution in [1.82, 2.24) is 14.8 Å². The first-order valence-corrected chi connectivity index (χ1v) is 9.49. The van der Waals surface area contributed by atoms with E-state index in [-0.39, 0.29) is 12.5 Å². The Labute approximate surface area is 174 Å². The molecule has 7 nitrogen and oxygen atoms in total. The Morgan fingerprint density at radius 1 is 1.17 bits per heavy atom. The molecular weight excluding hydrogens is 380 g/mol. The zero-order chi connectivity index (χ0) is 21.1. The number of methoxy groups -OCH3 is 1. The third kappa shape index (κ3) is 3.96. The molecule has 2 aromatic carbocycles. The van der Waals surface area contributed by atoms with Gasteiger partial charge < -0.3 is 14.8 Å². The molecular formula is C23H22N4O3. The van der Waals surface area contributed by atoms with Gasteiger partial charge in [-0.3, -0.25) is 14.5 Å². The van der Waals surface area contributed by atoms with Gasteiger partial charge in [-0.2, -0.15) is 5.10 Å². The molecule has 0 fully saturated rings. The van der Waals surface area contributed by atoms with Crippen LogP contribution in [0.1, 0.15) is 5.69 Å². The summed E-state index contributed by atoms with van der Waals surface area (Å²) in [5.74, 6) is 1.02. The number of rotatable bonds is 6. The average Bonchev–Trinajstić information content (AvgIpc) is 3.08. The Kier molecular flexibility index (Phi) is 5.34. The number of carbonyl (C=O) groups is 1. The van der Waals surface area contributed by atoms with Gasteiger partial charge in [0, 0.05) is 25.0 Å². The summed E-state index contributed by atoms with van der Waals surface area (Å²) in [6.45, 7) is 1.73. The Morgan fingerprint density at radius 2 is 2.00 bits per heavy atom. The van der Waals surface area contributed by atoms with Gasteiger partial charge in [-0.05, 0) is 41.5 Å². The molecule has 1 N–H and O–H groups in total. The topological polar surface area (TPSA) is 78.3 Å². The molecule has 0 saturated carbocycles. The smallest absolute Gasteiger partial charge is 0.262 e. The van der Waals surface area contributed by atoms with Crippen LogP contribution in [0.3, 0.4) is 0 Å². The second-order valence-electron chi connectivity index (χ2n) is 6.91. The minimum absolute atomic E-state index is 0.112. The maximum absolute atomic E-state index is 12.4. The van der Waals surface area contributed by atoms with Crippen LogP contribution in [0.15, 0.2) is 61.1 Å². The van der Waals surface area contributed by atoms with Crippen LogP contribution in [0.25, 0.3) is 21.9 Å². The predicted molar refractivity (Wildman–Crippen MR) is 116 cm³/mol. The van der Waals surface area contributed by atoms with Gasteiger partial charge in [-0.15, -0.1) is 0 Å². The molecule has 0 unspecified atom stereocenters. The largest absolute Gasteiger partial charge is 0.494 e. The van der Waals surface area contributed by atoms with E-state index < -0.39 is 0 Å². The number of nitrogens with one attached hydrogen (secondary N) is 1. The summed E-state index contributed by atoms with van der Waals surface area (Å²) in [5.41, 5.74) is 3.28. The molecule has 0 aliphatic heterocycles. The lowest BCUT2D eigenvalue weighted by Gasteiger charge is -2.14. The zero-order valence-electron chi connectivity index (χ0n) is 17.0. The summed E-state index contributed by atoms with van der Waals surface area (Å²) in [7, 11) is 3.43. The van der Waals surface area contributed by atoms with E-state index in [1.165, 1.54) is 0 Å². The number of benzene rings is 2. The van der Waals surface area contributed by atoms with E-state index in [0.717, 1.165) is 27.6 Å². The number of carbonyl (C=O) groups excluding carboxylic acids is 1. The summed E-state index contributed by atoms with van der Waals surface area (Å²) in [5, 5.41) is 9.12. The maximum atomic E-state index is 12.4. The van der Waals surface area contributed by atoms with Crippen molar-refractivity contribution >= 4 is 22.4 Å². The minimum atomic E-state index is -0.248. The summed E-state index contributed by atoms with van der Waals surface area (Å²) in [4.78, 5) is 16.5. The Balaban J connectivity index is 1.62. The standard InChI is InChI=1S/C23H22N4O3/c1-15-21(13-27(2)26-15)25-23(28)14-30-17-10-16-6-4-5-7-18(16)20(11-17)19-8-9-24-12-22(19)29-3/h4-13H,14H2,1-3H3,(H,25,28). The molecule has 0 radical (unpaired) electrons. The molecule has 0 atom stereocenters. The first-order chi connectivity index (χ1) is 14.5. The molecule has 4 aromatic rings. The molecule has 2 heterocycles. The lowest BCUT2D eigenvalue weighted by molar-refractivity contribution is -0.118. The van der Waals surface area contributed by atoms with Crippen LogP contribution in [-0.2, 0) is 11.8 Å². The van der Waals surface area contributed by atoms with Gasteiger partial charge >= 0.3 is 0 Å². The van der Waals surface area contributed by atoms with Crippen LogP contribution < -0.4 is 14.8 Å². The summed E-state index contributed by atoms with van der Waals surface area (Å²) in [6, 6.07) is 13.8. The second kappa shape index (κ2) is 8.24. The monoisotopic (exact) mass is 402 g/mol. The highest BCUT2D eigenvalue weighted by molar-refractivity contribution is 5.99. The number of aryl methyl sites for hydroxylation is 2. The highest BCUT2D eigenvalue weighted by atomic mass is 16.5. The molecule has 4 rings (SSSR count). The van der Waals surface area contributed by atoms with Crippen molar-refractivity contribution in [1.29, 1.82) is 0 Å². The Hall–Kier alpha value is -3.87. The number of amides is 1. The summed E-state index contributed by atoms with van der Waals surface area (Å²) >= 11 is 0. The van der Waals surface area contributed by atoms with E-state index in [9.17, 15) is 4.79 Å². The second-order valence-corrected chi connectivity index (χ2v) is 6.91. The highest BCUT2D eigenvalue weighted by Crippen LogP contribution is 2.37. The first kappa shape index (κ1) is 19.4. The van der Waals surface area contributed by atoms with E-state index in [0.29, 0.717) is 17.2 Å². The fraction of sp³-hybridized carbons (Fsp3) is 0.174. The summed E-state index contributed by atoms with van der Waals surface area (Å²) < 4.78 is 13.0. The lowest BCUT2D eigenvalue weighted by Crippen LogP contribution is -2.20. The molecule has 30 heavy (non-hydrogen) atoms. The molecule has 0 spiro atoms. The van der Waals surface area contributed by atoms with Crippen LogP contribution in [-0.4, -0.2) is 34.4 Å². The molecule has 0 bridgehead atoms. The first-order valence-electron chi connectivity index (χ1n) is 9.49. The van der Waals surface area contributed by atoms with Crippen molar-refractivity contribution in [3.05, 3.63) is 66.7 Å². The quantitative estimate of drug-likeness (QED) is 0.528. The number of fused-ring (bicyclic) bond motifs is 1. The van der Waals surface area contributed by atoms with Gasteiger partial charge in [0.2, 0.25) is 0 Å². The van der Waals surface area contributed by atoms with Crippen LogP contribution in [0, 0.1) is 6.92 Å². The molecule has 0 aliphatic carbocycles. The van der Waals surface area contributed by atoms with Crippen LogP contribution in [0.5, 0.6) is 11.5 Å². The van der Waals surface area contributed by atoms with E-state index in [1.54, 1.807) is 30.4 Å². The van der Waals surface area contributed by atoms with Crippen molar-refractivity contribution < 1.29 is 14.3 Å². The molecule has 0 saturated heterocycles. The third-order valence-electron chi connectivity index (χ3n) is 4.79. The molecule has 7 heteroatoms. The number of hydrogen-bond donors (Lipinski definition) is 1. The highest BCUT2D eigenvalue weighted by Gasteiger charge is 2.13. The van der Waals surface area contributed by atoms with Crippen molar-refractivity contribution in [2.75, 3.05) is 19.0 Å². The molecule has 0 aliphatic rings. The average molecular weight is 402 g/mol. The van der Waals surface area contributed by atoms with E-state index in [2.05, 4.69) is 15.4 Å². The number of aromatic nitrogens is 3. The van der Waals surface area contributed by atoms with Gasteiger partial charge in [-0.25, -0.2) is 0 Å². The predicted octanol–water partition coefficient (Wildman–Crippen LogP) is 3.97. The van der Waals surface area contributed by atoms with Crippen molar-refractivity contribution in [2.24, 2.45) is 7.05 Å². The number of hydrogen-bond acceptors (Lipinski definition) is 5. The fourth-order valence-corrected chi connectivity index (χ4v) is 3.41. The molecule has 152 valence electrons. The van der Waals surface area contributed by atoms with E-state index in [4.69, 9.17) is 9.47 Å². The Morgan fingerprint density at radius 3 is 2.77 bits per heavy atom. The number of pyridine rings is 1. The lowest BCUT2D eigenvalue weighted by atomic mass is 9.98. The van der Waals surface area contributed by atoms with Crippen LogP contribution in [0.4, 0.5) is 5.69 Å². The van der Waals surface area contributed by atoms with Gasteiger partial charge in [0.25, 0.3) is 5.91 Å². The Bertz CT molecular complexity index is 1220. The van der Waals surface area contributed by atoms with E-state index >= 15 is 0 Å². The van der Waals surface area contributed by atoms with Crippen molar-refractivity contribution in [3.8, 4) is 22.6 Å². The molecule has 2 aromatic heterocycles. The van der Waals surface area contributed by atoms with E-state index in [1.807, 2.05) is 56.4 Å². The maximum Gasteiger partial charge on any atom is 0.262 e. The normalized spacial score (nSPS) is 10.8. The number of ether oxygens (including phenoxy) is 2. The van der Waals surface area contributed by atoms with Gasteiger partial charge in [0.15, 0.2) is 6.61 Å². The SMILES string of the molecule is COc1cnccc1-c1cc(OCC(=O)Nc2cn(C)nc2C)cc2ccccc12.